The molecule has 0 spiro atoms. The molecule has 0 fully saturated rings. The Hall–Kier alpha value is -4.17. The maximum atomic E-state index is 14.2. The molecule has 1 atom stereocenters. The van der Waals surface area contributed by atoms with Crippen molar-refractivity contribution in [1.82, 2.24) is 4.57 Å². The van der Waals surface area contributed by atoms with Gasteiger partial charge in [0.05, 0.1) is 46.6 Å². The van der Waals surface area contributed by atoms with Gasteiger partial charge >= 0.3 is 5.97 Å². The highest BCUT2D eigenvalue weighted by molar-refractivity contribution is 14.1. The monoisotopic (exact) mass is 758 g/mol. The largest absolute Gasteiger partial charge is 0.490 e. The number of rotatable bonds is 12. The standard InChI is InChI=1S/C34H32FIN2O7S/c1-5-42-26-13-12-21(17-27(26)43-6-2)30-23(33(40)41-4)18-37-34-38(30)32(39)29(46-34)16-20-14-25(36)31(28(15-20)44-7-3)45-19-22-10-8-9-11-24(22)35/h8-18,30H,5-7,19H2,1-4H3/b29-16-/t30-/m1/s1. The van der Waals surface area contributed by atoms with Gasteiger partial charge in [-0.2, -0.15) is 0 Å². The maximum Gasteiger partial charge on any atom is 0.337 e. The number of esters is 1. The number of methoxy groups -OCH3 is 1. The molecule has 1 aromatic heterocycles. The lowest BCUT2D eigenvalue weighted by Gasteiger charge is -2.23. The molecule has 3 aromatic carbocycles. The highest BCUT2D eigenvalue weighted by Gasteiger charge is 2.31. The van der Waals surface area contributed by atoms with Crippen molar-refractivity contribution in [2.24, 2.45) is 4.99 Å². The molecule has 1 aliphatic rings. The Morgan fingerprint density at radius 2 is 1.70 bits per heavy atom. The normalized spacial score (nSPS) is 14.2. The van der Waals surface area contributed by atoms with E-state index in [-0.39, 0.29) is 23.6 Å². The second-order valence-corrected chi connectivity index (χ2v) is 12.1. The van der Waals surface area contributed by atoms with Crippen LogP contribution in [0.3, 0.4) is 0 Å². The first kappa shape index (κ1) is 33.2. The quantitative estimate of drug-likeness (QED) is 0.138. The topological polar surface area (TPSA) is 97.6 Å². The molecule has 9 nitrogen and oxygen atoms in total. The Morgan fingerprint density at radius 1 is 0.978 bits per heavy atom. The van der Waals surface area contributed by atoms with Crippen LogP contribution < -0.4 is 33.8 Å². The molecule has 1 aliphatic heterocycles. The molecule has 0 unspecified atom stereocenters. The maximum absolute atomic E-state index is 14.2. The van der Waals surface area contributed by atoms with Crippen LogP contribution in [0.4, 0.5) is 4.39 Å². The zero-order chi connectivity index (χ0) is 32.8. The van der Waals surface area contributed by atoms with Gasteiger partial charge in [-0.1, -0.05) is 35.6 Å². The zero-order valence-electron chi connectivity index (χ0n) is 25.7. The Bertz CT molecular complexity index is 1970. The lowest BCUT2D eigenvalue weighted by atomic mass is 9.97. The lowest BCUT2D eigenvalue weighted by Crippen LogP contribution is -2.39. The fourth-order valence-corrected chi connectivity index (χ4v) is 6.73. The van der Waals surface area contributed by atoms with E-state index in [0.29, 0.717) is 68.8 Å². The van der Waals surface area contributed by atoms with Gasteiger partial charge in [-0.15, -0.1) is 0 Å². The van der Waals surface area contributed by atoms with Crippen molar-refractivity contribution in [2.45, 2.75) is 33.4 Å². The summed E-state index contributed by atoms with van der Waals surface area (Å²) in [4.78, 5) is 31.8. The van der Waals surface area contributed by atoms with E-state index in [1.165, 1.54) is 35.3 Å². The summed E-state index contributed by atoms with van der Waals surface area (Å²) in [5, 5.41) is 0. The molecule has 0 amide bonds. The van der Waals surface area contributed by atoms with E-state index in [9.17, 15) is 14.0 Å². The third-order valence-corrected chi connectivity index (χ3v) is 8.77. The highest BCUT2D eigenvalue weighted by atomic mass is 127. The van der Waals surface area contributed by atoms with Crippen molar-refractivity contribution in [3.05, 3.63) is 112 Å². The molecule has 240 valence electrons. The molecule has 0 bridgehead atoms. The Labute approximate surface area is 282 Å². The van der Waals surface area contributed by atoms with Crippen molar-refractivity contribution in [2.75, 3.05) is 26.9 Å². The molecule has 4 aromatic rings. The summed E-state index contributed by atoms with van der Waals surface area (Å²) in [6.07, 6.45) is 3.19. The molecule has 0 saturated carbocycles. The van der Waals surface area contributed by atoms with E-state index in [1.807, 2.05) is 26.8 Å². The van der Waals surface area contributed by atoms with Gasteiger partial charge in [0, 0.05) is 11.8 Å². The van der Waals surface area contributed by atoms with Gasteiger partial charge in [0.25, 0.3) is 5.56 Å². The van der Waals surface area contributed by atoms with Crippen LogP contribution in [-0.4, -0.2) is 37.5 Å². The van der Waals surface area contributed by atoms with Crippen LogP contribution in [0.5, 0.6) is 23.0 Å². The first-order chi connectivity index (χ1) is 22.3. The Balaban J connectivity index is 1.58. The molecule has 5 rings (SSSR count). The van der Waals surface area contributed by atoms with Gasteiger partial charge < -0.3 is 23.7 Å². The second kappa shape index (κ2) is 14.9. The Kier molecular flexibility index (Phi) is 10.8. The van der Waals surface area contributed by atoms with Crippen LogP contribution in [0.25, 0.3) is 6.08 Å². The van der Waals surface area contributed by atoms with Crippen LogP contribution in [0, 0.1) is 9.39 Å². The smallest absolute Gasteiger partial charge is 0.337 e. The predicted octanol–water partition coefficient (Wildman–Crippen LogP) is 5.54. The number of nitrogens with zero attached hydrogens (tertiary/aromatic N) is 2. The van der Waals surface area contributed by atoms with E-state index < -0.39 is 12.0 Å². The van der Waals surface area contributed by atoms with Crippen molar-refractivity contribution in [3.63, 3.8) is 0 Å². The Morgan fingerprint density at radius 3 is 2.41 bits per heavy atom. The first-order valence-corrected chi connectivity index (χ1v) is 16.5. The molecule has 0 radical (unpaired) electrons. The average Bonchev–Trinajstić information content (AvgIpc) is 3.36. The minimum atomic E-state index is -0.811. The van der Waals surface area contributed by atoms with Crippen molar-refractivity contribution in [1.29, 1.82) is 0 Å². The van der Waals surface area contributed by atoms with Crippen molar-refractivity contribution < 1.29 is 32.9 Å². The summed E-state index contributed by atoms with van der Waals surface area (Å²) >= 11 is 3.33. The van der Waals surface area contributed by atoms with Gasteiger partial charge in [0.1, 0.15) is 12.4 Å². The minimum absolute atomic E-state index is 0.0276. The van der Waals surface area contributed by atoms with E-state index in [0.717, 1.165) is 3.57 Å². The number of carbonyl (C=O) groups is 1. The summed E-state index contributed by atoms with van der Waals surface area (Å²) in [7, 11) is 1.29. The number of benzene rings is 3. The minimum Gasteiger partial charge on any atom is -0.490 e. The molecule has 2 heterocycles. The predicted molar refractivity (Wildman–Crippen MR) is 181 cm³/mol. The highest BCUT2D eigenvalue weighted by Crippen LogP contribution is 2.36. The molecule has 0 N–H and O–H groups in total. The van der Waals surface area contributed by atoms with Gasteiger partial charge in [-0.05, 0) is 90.9 Å². The summed E-state index contributed by atoms with van der Waals surface area (Å²) < 4.78 is 45.3. The lowest BCUT2D eigenvalue weighted by molar-refractivity contribution is -0.136. The summed E-state index contributed by atoms with van der Waals surface area (Å²) in [5.74, 6) is 1.05. The number of ether oxygens (including phenoxy) is 5. The van der Waals surface area contributed by atoms with Gasteiger partial charge in [-0.25, -0.2) is 14.2 Å². The van der Waals surface area contributed by atoms with E-state index >= 15 is 0 Å². The second-order valence-electron chi connectivity index (χ2n) is 9.89. The van der Waals surface area contributed by atoms with Gasteiger partial charge in [0.15, 0.2) is 27.8 Å². The van der Waals surface area contributed by atoms with E-state index in [2.05, 4.69) is 27.6 Å². The third kappa shape index (κ3) is 6.97. The molecular formula is C34H32FIN2O7S. The number of carbonyl (C=O) groups excluding carboxylic acids is 1. The number of hydrogen-bond acceptors (Lipinski definition) is 9. The number of halogens is 2. The van der Waals surface area contributed by atoms with Gasteiger partial charge in [-0.3, -0.25) is 9.36 Å². The van der Waals surface area contributed by atoms with Crippen LogP contribution in [0.2, 0.25) is 0 Å². The summed E-state index contributed by atoms with van der Waals surface area (Å²) in [6.45, 7) is 6.86. The fraction of sp³-hybridized carbons (Fsp3) is 0.265. The zero-order valence-corrected chi connectivity index (χ0v) is 28.6. The average molecular weight is 759 g/mol. The van der Waals surface area contributed by atoms with Crippen molar-refractivity contribution in [3.8, 4) is 23.0 Å². The molecule has 46 heavy (non-hydrogen) atoms. The van der Waals surface area contributed by atoms with E-state index in [4.69, 9.17) is 23.7 Å². The summed E-state index contributed by atoms with van der Waals surface area (Å²) in [6, 6.07) is 14.6. The molecule has 0 aliphatic carbocycles. The number of thiazole rings is 1. The van der Waals surface area contributed by atoms with Crippen molar-refractivity contribution >= 4 is 46.0 Å². The van der Waals surface area contributed by atoms with Crippen LogP contribution >= 0.6 is 33.9 Å². The van der Waals surface area contributed by atoms with Crippen LogP contribution in [0.15, 0.2) is 76.2 Å². The van der Waals surface area contributed by atoms with E-state index in [1.54, 1.807) is 48.5 Å². The van der Waals surface area contributed by atoms with Crippen LogP contribution in [-0.2, 0) is 16.1 Å². The molecular weight excluding hydrogens is 726 g/mol. The number of aromatic nitrogens is 1. The fourth-order valence-electron chi connectivity index (χ4n) is 4.98. The molecule has 0 saturated heterocycles. The van der Waals surface area contributed by atoms with Crippen LogP contribution in [0.1, 0.15) is 43.5 Å². The molecule has 12 heteroatoms. The third-order valence-electron chi connectivity index (χ3n) is 6.97. The van der Waals surface area contributed by atoms with Gasteiger partial charge in [0.2, 0.25) is 0 Å². The SMILES string of the molecule is CCOc1ccc([C@@H]2C(C(=O)OC)=CN=c3s/c(=C\c4cc(I)c(OCc5ccccc5F)c(OCC)c4)c(=O)n32)cc1OCC. The first-order valence-electron chi connectivity index (χ1n) is 14.6. The number of fused-ring (bicyclic) bond motifs is 1. The summed E-state index contributed by atoms with van der Waals surface area (Å²) in [5.41, 5.74) is 1.63. The number of hydrogen-bond donors (Lipinski definition) is 0.